The molecule has 0 unspecified atom stereocenters. The lowest BCUT2D eigenvalue weighted by atomic mass is 10.1. The van der Waals surface area contributed by atoms with E-state index in [9.17, 15) is 21.6 Å². The summed E-state index contributed by atoms with van der Waals surface area (Å²) >= 11 is 5.71. The highest BCUT2D eigenvalue weighted by atomic mass is 35.5. The van der Waals surface area contributed by atoms with Crippen LogP contribution in [-0.4, -0.2) is 13.9 Å². The number of fused-ring (bicyclic) bond motifs is 1. The minimum atomic E-state index is -5.68. The first-order chi connectivity index (χ1) is 8.21. The number of aryl methyl sites for hydroxylation is 2. The molecular weight excluding hydrogens is 293 g/mol. The number of rotatable bonds is 2. The van der Waals surface area contributed by atoms with E-state index in [1.54, 1.807) is 0 Å². The van der Waals surface area contributed by atoms with Gasteiger partial charge >= 0.3 is 15.6 Å². The fraction of sp³-hybridized carbons (Fsp3) is 0.400. The van der Waals surface area contributed by atoms with Crippen molar-refractivity contribution in [2.45, 2.75) is 24.8 Å². The number of alkyl halides is 3. The topological polar surface area (TPSA) is 43.4 Å². The van der Waals surface area contributed by atoms with E-state index in [0.29, 0.717) is 6.42 Å². The number of benzene rings is 1. The van der Waals surface area contributed by atoms with Crippen LogP contribution >= 0.6 is 11.6 Å². The van der Waals surface area contributed by atoms with Crippen molar-refractivity contribution in [2.24, 2.45) is 0 Å². The van der Waals surface area contributed by atoms with Gasteiger partial charge in [-0.1, -0.05) is 11.6 Å². The first kappa shape index (κ1) is 13.5. The van der Waals surface area contributed by atoms with E-state index in [-0.39, 0.29) is 5.02 Å². The third-order valence-electron chi connectivity index (χ3n) is 2.63. The first-order valence-corrected chi connectivity index (χ1v) is 6.81. The zero-order valence-electron chi connectivity index (χ0n) is 8.92. The Morgan fingerprint density at radius 2 is 1.72 bits per heavy atom. The molecule has 18 heavy (non-hydrogen) atoms. The molecule has 0 saturated carbocycles. The van der Waals surface area contributed by atoms with Crippen molar-refractivity contribution >= 4 is 21.7 Å². The summed E-state index contributed by atoms with van der Waals surface area (Å²) in [5.74, 6) is -0.477. The summed E-state index contributed by atoms with van der Waals surface area (Å²) in [6.07, 6.45) is 2.32. The second-order valence-corrected chi connectivity index (χ2v) is 5.83. The van der Waals surface area contributed by atoms with Gasteiger partial charge in [0, 0.05) is 0 Å². The minimum Gasteiger partial charge on any atom is -0.374 e. The summed E-state index contributed by atoms with van der Waals surface area (Å²) in [5, 5.41) is -0.136. The normalized spacial score (nSPS) is 15.6. The lowest BCUT2D eigenvalue weighted by Crippen LogP contribution is -2.28. The fourth-order valence-electron chi connectivity index (χ4n) is 1.80. The molecule has 0 saturated heterocycles. The van der Waals surface area contributed by atoms with Gasteiger partial charge in [-0.05, 0) is 42.5 Å². The summed E-state index contributed by atoms with van der Waals surface area (Å²) in [5.41, 5.74) is -3.78. The van der Waals surface area contributed by atoms with Gasteiger partial charge in [0.1, 0.15) is 0 Å². The van der Waals surface area contributed by atoms with Crippen LogP contribution in [0.4, 0.5) is 13.2 Å². The molecule has 0 spiro atoms. The molecule has 0 amide bonds. The molecule has 0 fully saturated rings. The molecular formula is C10H8ClF3O3S. The van der Waals surface area contributed by atoms with Gasteiger partial charge in [0.25, 0.3) is 0 Å². The number of hydrogen-bond donors (Lipinski definition) is 0. The molecule has 2 rings (SSSR count). The van der Waals surface area contributed by atoms with Crippen molar-refractivity contribution in [2.75, 3.05) is 0 Å². The molecule has 3 nitrogen and oxygen atoms in total. The zero-order chi connectivity index (χ0) is 13.6. The molecule has 0 aromatic heterocycles. The Bertz CT molecular complexity index is 581. The maximum Gasteiger partial charge on any atom is 0.534 e. The van der Waals surface area contributed by atoms with Crippen molar-refractivity contribution in [1.82, 2.24) is 0 Å². The highest BCUT2D eigenvalue weighted by molar-refractivity contribution is 7.88. The minimum absolute atomic E-state index is 0.136. The Hall–Kier alpha value is -0.950. The smallest absolute Gasteiger partial charge is 0.374 e. The van der Waals surface area contributed by atoms with Gasteiger partial charge in [0.2, 0.25) is 0 Å². The van der Waals surface area contributed by atoms with Gasteiger partial charge in [-0.3, -0.25) is 0 Å². The maximum absolute atomic E-state index is 12.2. The van der Waals surface area contributed by atoms with Crippen LogP contribution in [0.15, 0.2) is 12.1 Å². The number of hydrogen-bond acceptors (Lipinski definition) is 3. The van der Waals surface area contributed by atoms with Gasteiger partial charge in [-0.2, -0.15) is 21.6 Å². The van der Waals surface area contributed by atoms with Gasteiger partial charge in [-0.25, -0.2) is 0 Å². The molecule has 1 aliphatic rings. The average Bonchev–Trinajstić information content (AvgIpc) is 2.63. The molecule has 0 atom stereocenters. The number of halogens is 4. The van der Waals surface area contributed by atoms with E-state index in [0.717, 1.165) is 24.0 Å². The SMILES string of the molecule is O=S(=O)(Oc1cc2c(cc1Cl)CCC2)C(F)(F)F. The molecule has 0 radical (unpaired) electrons. The molecule has 0 heterocycles. The Morgan fingerprint density at radius 3 is 2.28 bits per heavy atom. The molecule has 1 aromatic rings. The zero-order valence-corrected chi connectivity index (χ0v) is 10.5. The maximum atomic E-state index is 12.2. The van der Waals surface area contributed by atoms with Crippen LogP contribution in [-0.2, 0) is 23.0 Å². The fourth-order valence-corrected chi connectivity index (χ4v) is 2.54. The molecule has 1 aromatic carbocycles. The quantitative estimate of drug-likeness (QED) is 0.623. The van der Waals surface area contributed by atoms with E-state index in [1.807, 2.05) is 0 Å². The average molecular weight is 301 g/mol. The largest absolute Gasteiger partial charge is 0.534 e. The third kappa shape index (κ3) is 2.42. The molecule has 0 aliphatic heterocycles. The van der Waals surface area contributed by atoms with E-state index in [4.69, 9.17) is 11.6 Å². The molecule has 8 heteroatoms. The van der Waals surface area contributed by atoms with Crippen molar-refractivity contribution in [3.05, 3.63) is 28.3 Å². The molecule has 0 N–H and O–H groups in total. The molecule has 1 aliphatic carbocycles. The highest BCUT2D eigenvalue weighted by Gasteiger charge is 2.48. The van der Waals surface area contributed by atoms with Gasteiger partial charge < -0.3 is 4.18 Å². The van der Waals surface area contributed by atoms with Gasteiger partial charge in [-0.15, -0.1) is 0 Å². The Labute approximate surface area is 107 Å². The first-order valence-electron chi connectivity index (χ1n) is 5.03. The van der Waals surface area contributed by atoms with Crippen molar-refractivity contribution in [1.29, 1.82) is 0 Å². The van der Waals surface area contributed by atoms with Crippen LogP contribution < -0.4 is 4.18 Å². The lowest BCUT2D eigenvalue weighted by Gasteiger charge is -2.12. The van der Waals surface area contributed by atoms with Gasteiger partial charge in [0.05, 0.1) is 5.02 Å². The third-order valence-corrected chi connectivity index (χ3v) is 3.89. The molecule has 100 valence electrons. The summed E-state index contributed by atoms with van der Waals surface area (Å²) in [6.45, 7) is 0. The summed E-state index contributed by atoms with van der Waals surface area (Å²) in [7, 11) is -5.68. The second-order valence-electron chi connectivity index (χ2n) is 3.89. The predicted molar refractivity (Wildman–Crippen MR) is 59.1 cm³/mol. The van der Waals surface area contributed by atoms with Crippen LogP contribution in [0.5, 0.6) is 5.75 Å². The summed E-state index contributed by atoms with van der Waals surface area (Å²) < 4.78 is 62.3. The van der Waals surface area contributed by atoms with Crippen molar-refractivity contribution < 1.29 is 25.8 Å². The second kappa shape index (κ2) is 4.31. The molecule has 0 bridgehead atoms. The van der Waals surface area contributed by atoms with Crippen LogP contribution in [0.25, 0.3) is 0 Å². The van der Waals surface area contributed by atoms with Gasteiger partial charge in [0.15, 0.2) is 5.75 Å². The van der Waals surface area contributed by atoms with E-state index in [1.165, 1.54) is 12.1 Å². The monoisotopic (exact) mass is 300 g/mol. The van der Waals surface area contributed by atoms with E-state index < -0.39 is 21.4 Å². The standard InChI is InChI=1S/C10H8ClF3O3S/c11-8-4-6-2-1-3-7(6)5-9(8)17-18(15,16)10(12,13)14/h4-5H,1-3H2. The van der Waals surface area contributed by atoms with Crippen LogP contribution in [0.2, 0.25) is 5.02 Å². The van der Waals surface area contributed by atoms with E-state index >= 15 is 0 Å². The summed E-state index contributed by atoms with van der Waals surface area (Å²) in [4.78, 5) is 0. The van der Waals surface area contributed by atoms with Crippen molar-refractivity contribution in [3.8, 4) is 5.75 Å². The van der Waals surface area contributed by atoms with E-state index in [2.05, 4.69) is 4.18 Å². The lowest BCUT2D eigenvalue weighted by molar-refractivity contribution is -0.0500. The Morgan fingerprint density at radius 1 is 1.17 bits per heavy atom. The Balaban J connectivity index is 2.37. The highest BCUT2D eigenvalue weighted by Crippen LogP contribution is 2.36. The predicted octanol–water partition coefficient (Wildman–Crippen LogP) is 3.06. The van der Waals surface area contributed by atoms with Crippen molar-refractivity contribution in [3.63, 3.8) is 0 Å². The van der Waals surface area contributed by atoms with Crippen LogP contribution in [0, 0.1) is 0 Å². The van der Waals surface area contributed by atoms with Crippen LogP contribution in [0.1, 0.15) is 17.5 Å². The summed E-state index contributed by atoms with van der Waals surface area (Å²) in [6, 6.07) is 2.71. The van der Waals surface area contributed by atoms with Crippen LogP contribution in [0.3, 0.4) is 0 Å². The Kier molecular flexibility index (Phi) is 3.23.